The van der Waals surface area contributed by atoms with Crippen LogP contribution in [0, 0.1) is 0 Å². The van der Waals surface area contributed by atoms with Gasteiger partial charge in [-0.3, -0.25) is 4.79 Å². The number of urea groups is 1. The molecule has 0 aromatic heterocycles. The molecule has 1 atom stereocenters. The molecule has 1 aliphatic carbocycles. The van der Waals surface area contributed by atoms with Gasteiger partial charge in [-0.2, -0.15) is 13.2 Å². The largest absolute Gasteiger partial charge is 0.491 e. The quantitative estimate of drug-likeness (QED) is 0.499. The van der Waals surface area contributed by atoms with Crippen molar-refractivity contribution in [3.8, 4) is 0 Å². The number of hydrazine groups is 1. The number of halogens is 3. The zero-order chi connectivity index (χ0) is 25.7. The molecular formula is C25H23F3N4O4. The maximum Gasteiger partial charge on any atom is 0.491 e. The van der Waals surface area contributed by atoms with Gasteiger partial charge in [-0.1, -0.05) is 48.5 Å². The molecule has 2 aromatic rings. The number of hydrogen-bond acceptors (Lipinski definition) is 6. The Labute approximate surface area is 204 Å². The zero-order valence-electron chi connectivity index (χ0n) is 19.0. The van der Waals surface area contributed by atoms with Crippen molar-refractivity contribution in [1.29, 1.82) is 0 Å². The van der Waals surface area contributed by atoms with E-state index in [2.05, 4.69) is 20.8 Å². The van der Waals surface area contributed by atoms with Gasteiger partial charge in [-0.25, -0.2) is 20.0 Å². The monoisotopic (exact) mass is 500 g/mol. The van der Waals surface area contributed by atoms with Gasteiger partial charge in [0.25, 0.3) is 0 Å². The third kappa shape index (κ3) is 6.30. The van der Waals surface area contributed by atoms with E-state index in [0.717, 1.165) is 16.1 Å². The molecule has 0 saturated carbocycles. The van der Waals surface area contributed by atoms with Crippen molar-refractivity contribution >= 4 is 23.5 Å². The summed E-state index contributed by atoms with van der Waals surface area (Å²) in [6.07, 6.45) is -4.07. The fraction of sp³-hybridized carbons (Fsp3) is 0.240. The summed E-state index contributed by atoms with van der Waals surface area (Å²) < 4.78 is 42.8. The zero-order valence-corrected chi connectivity index (χ0v) is 19.0. The van der Waals surface area contributed by atoms with Crippen molar-refractivity contribution in [2.75, 3.05) is 5.32 Å². The summed E-state index contributed by atoms with van der Waals surface area (Å²) in [5.41, 5.74) is 5.70. The van der Waals surface area contributed by atoms with Crippen LogP contribution < -0.4 is 16.1 Å². The van der Waals surface area contributed by atoms with Crippen LogP contribution in [-0.4, -0.2) is 35.2 Å². The lowest BCUT2D eigenvalue weighted by atomic mass is 10.0. The van der Waals surface area contributed by atoms with Gasteiger partial charge in [-0.05, 0) is 34.9 Å². The van der Waals surface area contributed by atoms with Crippen LogP contribution in [0.4, 0.5) is 23.7 Å². The lowest BCUT2D eigenvalue weighted by Crippen LogP contribution is -2.48. The van der Waals surface area contributed by atoms with Crippen molar-refractivity contribution in [3.05, 3.63) is 89.1 Å². The number of nitrogens with one attached hydrogen (secondary N) is 3. The molecule has 11 heteroatoms. The molecule has 2 aromatic carbocycles. The first-order chi connectivity index (χ1) is 17.2. The number of ketones is 1. The Hall–Kier alpha value is -4.12. The topological polar surface area (TPSA) is 99.8 Å². The van der Waals surface area contributed by atoms with Crippen LogP contribution in [0.2, 0.25) is 0 Å². The van der Waals surface area contributed by atoms with E-state index in [4.69, 9.17) is 0 Å². The number of anilines is 1. The Morgan fingerprint density at radius 1 is 1.00 bits per heavy atom. The molecule has 1 fully saturated rings. The van der Waals surface area contributed by atoms with Gasteiger partial charge < -0.3 is 15.4 Å². The molecule has 2 aliphatic rings. The van der Waals surface area contributed by atoms with E-state index in [1.165, 1.54) is 12.2 Å². The Kier molecular flexibility index (Phi) is 7.39. The summed E-state index contributed by atoms with van der Waals surface area (Å²) in [5, 5.41) is 6.95. The van der Waals surface area contributed by atoms with Crippen LogP contribution in [0.1, 0.15) is 24.0 Å². The molecule has 8 nitrogen and oxygen atoms in total. The molecule has 0 spiro atoms. The van der Waals surface area contributed by atoms with Crippen molar-refractivity contribution < 1.29 is 32.3 Å². The Bertz CT molecular complexity index is 1190. The van der Waals surface area contributed by atoms with Crippen molar-refractivity contribution in [2.24, 2.45) is 0 Å². The summed E-state index contributed by atoms with van der Waals surface area (Å²) in [4.78, 5) is 35.7. The number of ether oxygens (including phenoxy) is 1. The van der Waals surface area contributed by atoms with E-state index < -0.39 is 24.4 Å². The van der Waals surface area contributed by atoms with Gasteiger partial charge in [-0.15, -0.1) is 0 Å². The third-order valence-electron chi connectivity index (χ3n) is 5.51. The van der Waals surface area contributed by atoms with Gasteiger partial charge in [0.15, 0.2) is 12.0 Å². The number of carbonyl (C=O) groups is 3. The van der Waals surface area contributed by atoms with Crippen LogP contribution in [0.5, 0.6) is 0 Å². The lowest BCUT2D eigenvalue weighted by Gasteiger charge is -2.28. The van der Waals surface area contributed by atoms with Gasteiger partial charge in [0.05, 0.1) is 5.70 Å². The number of hydrogen-bond donors (Lipinski definition) is 3. The number of esters is 1. The van der Waals surface area contributed by atoms with Crippen LogP contribution in [0.25, 0.3) is 0 Å². The van der Waals surface area contributed by atoms with Gasteiger partial charge in [0, 0.05) is 31.6 Å². The highest BCUT2D eigenvalue weighted by Gasteiger charge is 2.46. The average Bonchev–Trinajstić information content (AvgIpc) is 3.16. The highest BCUT2D eigenvalue weighted by atomic mass is 19.4. The molecule has 36 heavy (non-hydrogen) atoms. The molecular weight excluding hydrogens is 477 g/mol. The van der Waals surface area contributed by atoms with E-state index in [1.54, 1.807) is 12.1 Å². The van der Waals surface area contributed by atoms with E-state index in [9.17, 15) is 27.6 Å². The minimum absolute atomic E-state index is 0.0122. The minimum Gasteiger partial charge on any atom is -0.433 e. The SMILES string of the molecule is O=C1C=C2CC(OC(=O)C(F)(F)F)N(NC(=O)Nc3ccc(CNCc4ccccc4)cc3)C2=CC1. The van der Waals surface area contributed by atoms with Crippen LogP contribution in [0.15, 0.2) is 78.0 Å². The number of benzene rings is 2. The van der Waals surface area contributed by atoms with E-state index in [1.807, 2.05) is 42.5 Å². The number of amides is 2. The second-order valence-corrected chi connectivity index (χ2v) is 8.21. The Balaban J connectivity index is 1.35. The Morgan fingerprint density at radius 2 is 1.67 bits per heavy atom. The smallest absolute Gasteiger partial charge is 0.433 e. The van der Waals surface area contributed by atoms with Crippen molar-refractivity contribution in [1.82, 2.24) is 15.8 Å². The van der Waals surface area contributed by atoms with Crippen LogP contribution >= 0.6 is 0 Å². The van der Waals surface area contributed by atoms with E-state index in [0.29, 0.717) is 30.0 Å². The number of carbonyl (C=O) groups excluding carboxylic acids is 3. The first-order valence-electron chi connectivity index (χ1n) is 11.1. The fourth-order valence-electron chi connectivity index (χ4n) is 3.85. The third-order valence-corrected chi connectivity index (χ3v) is 5.51. The maximum atomic E-state index is 12.7. The molecule has 4 rings (SSSR count). The normalized spacial score (nSPS) is 17.1. The minimum atomic E-state index is -5.20. The molecule has 188 valence electrons. The van der Waals surface area contributed by atoms with Gasteiger partial charge in [0.1, 0.15) is 0 Å². The van der Waals surface area contributed by atoms with Crippen molar-refractivity contribution in [2.45, 2.75) is 38.3 Å². The molecule has 1 saturated heterocycles. The number of alkyl halides is 3. The number of nitrogens with zero attached hydrogens (tertiary/aromatic N) is 1. The molecule has 1 unspecified atom stereocenters. The molecule has 3 N–H and O–H groups in total. The molecule has 2 amide bonds. The maximum absolute atomic E-state index is 12.7. The van der Waals surface area contributed by atoms with E-state index >= 15 is 0 Å². The first-order valence-corrected chi connectivity index (χ1v) is 11.1. The Morgan fingerprint density at radius 3 is 2.33 bits per heavy atom. The summed E-state index contributed by atoms with van der Waals surface area (Å²) in [6.45, 7) is 1.32. The standard InChI is InChI=1S/C25H23F3N4O4/c26-25(27,28)23(34)36-22-13-18-12-20(33)10-11-21(18)32(22)31-24(35)30-19-8-6-17(7-9-19)15-29-14-16-4-2-1-3-5-16/h1-9,11-12,22,29H,10,13-15H2,(H2,30,31,35). The summed E-state index contributed by atoms with van der Waals surface area (Å²) >= 11 is 0. The predicted molar refractivity (Wildman–Crippen MR) is 124 cm³/mol. The highest BCUT2D eigenvalue weighted by molar-refractivity contribution is 5.94. The second kappa shape index (κ2) is 10.6. The lowest BCUT2D eigenvalue weighted by molar-refractivity contribution is -0.211. The fourth-order valence-corrected chi connectivity index (χ4v) is 3.85. The van der Waals surface area contributed by atoms with Gasteiger partial charge in [0.2, 0.25) is 0 Å². The van der Waals surface area contributed by atoms with Crippen LogP contribution in [-0.2, 0) is 27.4 Å². The summed E-state index contributed by atoms with van der Waals surface area (Å²) in [5.74, 6) is -2.62. The number of allylic oxidation sites excluding steroid dienone is 3. The summed E-state index contributed by atoms with van der Waals surface area (Å²) in [6, 6.07) is 16.2. The first kappa shape index (κ1) is 25.0. The second-order valence-electron chi connectivity index (χ2n) is 8.21. The number of fused-ring (bicyclic) bond motifs is 1. The average molecular weight is 500 g/mol. The molecule has 1 heterocycles. The van der Waals surface area contributed by atoms with Crippen molar-refractivity contribution in [3.63, 3.8) is 0 Å². The van der Waals surface area contributed by atoms with Gasteiger partial charge >= 0.3 is 18.2 Å². The number of rotatable bonds is 7. The van der Waals surface area contributed by atoms with E-state index in [-0.39, 0.29) is 18.6 Å². The van der Waals surface area contributed by atoms with Crippen LogP contribution in [0.3, 0.4) is 0 Å². The molecule has 0 bridgehead atoms. The summed E-state index contributed by atoms with van der Waals surface area (Å²) in [7, 11) is 0. The predicted octanol–water partition coefficient (Wildman–Crippen LogP) is 3.93. The molecule has 0 radical (unpaired) electrons. The highest BCUT2D eigenvalue weighted by Crippen LogP contribution is 2.35. The molecule has 1 aliphatic heterocycles.